The minimum atomic E-state index is -0.265. The number of rotatable bonds is 5. The van der Waals surface area contributed by atoms with Crippen LogP contribution in [0, 0.1) is 0 Å². The summed E-state index contributed by atoms with van der Waals surface area (Å²) in [5.74, 6) is 0.0592. The van der Waals surface area contributed by atoms with Gasteiger partial charge in [0, 0.05) is 30.5 Å². The molecule has 1 aromatic carbocycles. The van der Waals surface area contributed by atoms with E-state index in [1.165, 1.54) is 16.2 Å². The standard InChI is InChI=1S/C18H23N3O3S/c1-18(2,3)14-11-25-17(19-14)20-16(23)12-7-6-8-13(9-12)24-10-15(22)21(4)5/h6-9,11H,10H2,1-5H3,(H,19,20,23). The van der Waals surface area contributed by atoms with Crippen LogP contribution in [-0.4, -0.2) is 42.4 Å². The topological polar surface area (TPSA) is 71.5 Å². The Balaban J connectivity index is 2.03. The molecule has 0 aliphatic carbocycles. The Bertz CT molecular complexity index is 763. The lowest BCUT2D eigenvalue weighted by Crippen LogP contribution is -2.27. The molecular formula is C18H23N3O3S. The Morgan fingerprint density at radius 2 is 2.00 bits per heavy atom. The molecule has 134 valence electrons. The number of carbonyl (C=O) groups excluding carboxylic acids is 2. The lowest BCUT2D eigenvalue weighted by atomic mass is 9.93. The molecule has 2 aromatic rings. The van der Waals surface area contributed by atoms with Crippen LogP contribution in [0.2, 0.25) is 0 Å². The number of nitrogens with zero attached hydrogens (tertiary/aromatic N) is 2. The summed E-state index contributed by atoms with van der Waals surface area (Å²) in [6.07, 6.45) is 0. The number of hydrogen-bond acceptors (Lipinski definition) is 5. The minimum absolute atomic E-state index is 0.0633. The number of benzene rings is 1. The van der Waals surface area contributed by atoms with E-state index >= 15 is 0 Å². The van der Waals surface area contributed by atoms with E-state index in [1.54, 1.807) is 38.4 Å². The third-order valence-electron chi connectivity index (χ3n) is 3.45. The molecular weight excluding hydrogens is 338 g/mol. The van der Waals surface area contributed by atoms with E-state index in [9.17, 15) is 9.59 Å². The van der Waals surface area contributed by atoms with Crippen molar-refractivity contribution in [2.45, 2.75) is 26.2 Å². The highest BCUT2D eigenvalue weighted by molar-refractivity contribution is 7.14. The molecule has 2 amide bonds. The van der Waals surface area contributed by atoms with E-state index in [0.717, 1.165) is 5.69 Å². The molecule has 0 atom stereocenters. The summed E-state index contributed by atoms with van der Waals surface area (Å²) < 4.78 is 5.43. The monoisotopic (exact) mass is 361 g/mol. The molecule has 1 heterocycles. The molecule has 0 aliphatic rings. The van der Waals surface area contributed by atoms with Crippen LogP contribution in [0.15, 0.2) is 29.6 Å². The maximum atomic E-state index is 12.4. The number of hydrogen-bond donors (Lipinski definition) is 1. The summed E-state index contributed by atoms with van der Waals surface area (Å²) in [5, 5.41) is 5.30. The van der Waals surface area contributed by atoms with Crippen LogP contribution in [0.4, 0.5) is 5.13 Å². The second-order valence-corrected chi connectivity index (χ2v) is 7.70. The van der Waals surface area contributed by atoms with E-state index in [1.807, 2.05) is 5.38 Å². The van der Waals surface area contributed by atoms with E-state index in [4.69, 9.17) is 4.74 Å². The smallest absolute Gasteiger partial charge is 0.259 e. The molecule has 25 heavy (non-hydrogen) atoms. The van der Waals surface area contributed by atoms with Crippen LogP contribution < -0.4 is 10.1 Å². The van der Waals surface area contributed by atoms with Crippen LogP contribution in [-0.2, 0) is 10.2 Å². The third-order valence-corrected chi connectivity index (χ3v) is 4.21. The average molecular weight is 361 g/mol. The van der Waals surface area contributed by atoms with Gasteiger partial charge in [-0.15, -0.1) is 11.3 Å². The molecule has 0 unspecified atom stereocenters. The lowest BCUT2D eigenvalue weighted by Gasteiger charge is -2.14. The van der Waals surface area contributed by atoms with Gasteiger partial charge in [0.15, 0.2) is 11.7 Å². The molecule has 0 bridgehead atoms. The van der Waals surface area contributed by atoms with E-state index in [-0.39, 0.29) is 23.8 Å². The molecule has 0 saturated heterocycles. The first-order chi connectivity index (χ1) is 11.7. The van der Waals surface area contributed by atoms with Gasteiger partial charge in [0.1, 0.15) is 5.75 Å². The second-order valence-electron chi connectivity index (χ2n) is 6.85. The quantitative estimate of drug-likeness (QED) is 0.888. The number of carbonyl (C=O) groups is 2. The number of ether oxygens (including phenoxy) is 1. The number of likely N-dealkylation sites (N-methyl/N-ethyl adjacent to an activating group) is 1. The number of anilines is 1. The molecule has 7 heteroatoms. The fourth-order valence-electron chi connectivity index (χ4n) is 1.85. The summed E-state index contributed by atoms with van der Waals surface area (Å²) in [5.41, 5.74) is 1.32. The average Bonchev–Trinajstić information content (AvgIpc) is 3.01. The van der Waals surface area contributed by atoms with E-state index < -0.39 is 0 Å². The summed E-state index contributed by atoms with van der Waals surface area (Å²) in [6, 6.07) is 6.72. The fraction of sp³-hybridized carbons (Fsp3) is 0.389. The first-order valence-electron chi connectivity index (χ1n) is 7.87. The van der Waals surface area contributed by atoms with Crippen molar-refractivity contribution >= 4 is 28.3 Å². The van der Waals surface area contributed by atoms with Crippen molar-refractivity contribution in [1.82, 2.24) is 9.88 Å². The van der Waals surface area contributed by atoms with Crippen molar-refractivity contribution in [2.75, 3.05) is 26.0 Å². The summed E-state index contributed by atoms with van der Waals surface area (Å²) in [6.45, 7) is 6.15. The van der Waals surface area contributed by atoms with Gasteiger partial charge in [-0.3, -0.25) is 14.9 Å². The Labute approximate surface area is 151 Å². The maximum Gasteiger partial charge on any atom is 0.259 e. The molecule has 0 spiro atoms. The minimum Gasteiger partial charge on any atom is -0.484 e. The largest absolute Gasteiger partial charge is 0.484 e. The highest BCUT2D eigenvalue weighted by Crippen LogP contribution is 2.26. The Kier molecular flexibility index (Phi) is 5.79. The van der Waals surface area contributed by atoms with Crippen LogP contribution in [0.25, 0.3) is 0 Å². The zero-order chi connectivity index (χ0) is 18.6. The first kappa shape index (κ1) is 18.9. The normalized spacial score (nSPS) is 11.1. The van der Waals surface area contributed by atoms with Gasteiger partial charge >= 0.3 is 0 Å². The Morgan fingerprint density at radius 1 is 1.28 bits per heavy atom. The summed E-state index contributed by atoms with van der Waals surface area (Å²) in [7, 11) is 3.32. The molecule has 0 fully saturated rings. The van der Waals surface area contributed by atoms with Gasteiger partial charge in [-0.25, -0.2) is 4.98 Å². The highest BCUT2D eigenvalue weighted by atomic mass is 32.1. The Morgan fingerprint density at radius 3 is 2.60 bits per heavy atom. The number of nitrogens with one attached hydrogen (secondary N) is 1. The van der Waals surface area contributed by atoms with Crippen LogP contribution in [0.5, 0.6) is 5.75 Å². The van der Waals surface area contributed by atoms with Gasteiger partial charge in [-0.1, -0.05) is 26.8 Å². The van der Waals surface area contributed by atoms with Gasteiger partial charge in [0.25, 0.3) is 11.8 Å². The lowest BCUT2D eigenvalue weighted by molar-refractivity contribution is -0.130. The van der Waals surface area contributed by atoms with Crippen LogP contribution >= 0.6 is 11.3 Å². The predicted molar refractivity (Wildman–Crippen MR) is 99.4 cm³/mol. The van der Waals surface area contributed by atoms with Crippen LogP contribution in [0.1, 0.15) is 36.8 Å². The molecule has 1 aromatic heterocycles. The van der Waals surface area contributed by atoms with Crippen molar-refractivity contribution in [1.29, 1.82) is 0 Å². The maximum absolute atomic E-state index is 12.4. The summed E-state index contributed by atoms with van der Waals surface area (Å²) in [4.78, 5) is 29.9. The van der Waals surface area contributed by atoms with E-state index in [0.29, 0.717) is 16.4 Å². The number of thiazole rings is 1. The van der Waals surface area contributed by atoms with Gasteiger partial charge in [0.05, 0.1) is 5.69 Å². The van der Waals surface area contributed by atoms with Crippen molar-refractivity contribution < 1.29 is 14.3 Å². The Hall–Kier alpha value is -2.41. The molecule has 2 rings (SSSR count). The van der Waals surface area contributed by atoms with Crippen molar-refractivity contribution in [3.63, 3.8) is 0 Å². The highest BCUT2D eigenvalue weighted by Gasteiger charge is 2.18. The predicted octanol–water partition coefficient (Wildman–Crippen LogP) is 3.16. The molecule has 0 saturated carbocycles. The molecule has 1 N–H and O–H groups in total. The zero-order valence-electron chi connectivity index (χ0n) is 15.1. The van der Waals surface area contributed by atoms with Crippen molar-refractivity contribution in [2.24, 2.45) is 0 Å². The zero-order valence-corrected chi connectivity index (χ0v) is 15.9. The van der Waals surface area contributed by atoms with Gasteiger partial charge in [-0.2, -0.15) is 0 Å². The van der Waals surface area contributed by atoms with Crippen molar-refractivity contribution in [3.05, 3.63) is 40.9 Å². The first-order valence-corrected chi connectivity index (χ1v) is 8.75. The SMILES string of the molecule is CN(C)C(=O)COc1cccc(C(=O)Nc2nc(C(C)(C)C)cs2)c1. The van der Waals surface area contributed by atoms with Gasteiger partial charge in [-0.05, 0) is 18.2 Å². The van der Waals surface area contributed by atoms with Gasteiger partial charge < -0.3 is 9.64 Å². The molecule has 0 radical (unpaired) electrons. The second kappa shape index (κ2) is 7.65. The number of aromatic nitrogens is 1. The van der Waals surface area contributed by atoms with Gasteiger partial charge in [0.2, 0.25) is 0 Å². The van der Waals surface area contributed by atoms with E-state index in [2.05, 4.69) is 31.1 Å². The number of amides is 2. The molecule has 6 nitrogen and oxygen atoms in total. The van der Waals surface area contributed by atoms with Crippen molar-refractivity contribution in [3.8, 4) is 5.75 Å². The summed E-state index contributed by atoms with van der Waals surface area (Å²) >= 11 is 1.40. The molecule has 0 aliphatic heterocycles. The third kappa shape index (κ3) is 5.29. The fourth-order valence-corrected chi connectivity index (χ4v) is 2.78. The van der Waals surface area contributed by atoms with Crippen LogP contribution in [0.3, 0.4) is 0 Å².